The molecule has 1 aliphatic heterocycles. The minimum Gasteiger partial charge on any atom is -0.370 e. The van der Waals surface area contributed by atoms with E-state index in [1.807, 2.05) is 12.1 Å². The topological polar surface area (TPSA) is 15.3 Å². The van der Waals surface area contributed by atoms with Crippen molar-refractivity contribution < 1.29 is 0 Å². The number of nitrogens with zero attached hydrogens (tertiary/aromatic N) is 1. The molecule has 1 aliphatic rings. The van der Waals surface area contributed by atoms with Gasteiger partial charge in [-0.15, -0.1) is 0 Å². The van der Waals surface area contributed by atoms with Crippen LogP contribution >= 0.6 is 23.2 Å². The molecule has 2 unspecified atom stereocenters. The van der Waals surface area contributed by atoms with Gasteiger partial charge in [0.25, 0.3) is 0 Å². The van der Waals surface area contributed by atoms with Crippen molar-refractivity contribution in [2.75, 3.05) is 24.5 Å². The molecule has 0 aliphatic carbocycles. The molecule has 2 atom stereocenters. The highest BCUT2D eigenvalue weighted by molar-refractivity contribution is 6.42. The second-order valence-electron chi connectivity index (χ2n) is 5.34. The lowest BCUT2D eigenvalue weighted by Crippen LogP contribution is -2.42. The number of hydrogen-bond acceptors (Lipinski definition) is 2. The van der Waals surface area contributed by atoms with E-state index in [2.05, 4.69) is 30.1 Å². The maximum absolute atomic E-state index is 6.13. The average Bonchev–Trinajstić information content (AvgIpc) is 2.67. The first-order valence-electron chi connectivity index (χ1n) is 7.05. The molecule has 0 bridgehead atoms. The molecule has 106 valence electrons. The molecule has 1 saturated heterocycles. The van der Waals surface area contributed by atoms with Gasteiger partial charge in [0.15, 0.2) is 0 Å². The highest BCUT2D eigenvalue weighted by Gasteiger charge is 2.22. The van der Waals surface area contributed by atoms with Crippen LogP contribution in [0.3, 0.4) is 0 Å². The molecule has 0 saturated carbocycles. The van der Waals surface area contributed by atoms with Gasteiger partial charge in [0.2, 0.25) is 0 Å². The van der Waals surface area contributed by atoms with Crippen LogP contribution in [0.4, 0.5) is 5.69 Å². The van der Waals surface area contributed by atoms with Crippen LogP contribution in [0.1, 0.15) is 26.7 Å². The van der Waals surface area contributed by atoms with Crippen LogP contribution in [-0.4, -0.2) is 25.7 Å². The zero-order valence-electron chi connectivity index (χ0n) is 11.6. The molecule has 1 fully saturated rings. The molecule has 0 aromatic heterocycles. The monoisotopic (exact) mass is 300 g/mol. The highest BCUT2D eigenvalue weighted by atomic mass is 35.5. The van der Waals surface area contributed by atoms with Gasteiger partial charge in [0.1, 0.15) is 0 Å². The molecule has 1 N–H and O–H groups in total. The Labute approximate surface area is 126 Å². The lowest BCUT2D eigenvalue weighted by molar-refractivity contribution is 0.384. The smallest absolute Gasteiger partial charge is 0.0612 e. The molecular formula is C15H22Cl2N2. The predicted octanol–water partition coefficient (Wildman–Crippen LogP) is 4.21. The average molecular weight is 301 g/mol. The van der Waals surface area contributed by atoms with Crippen molar-refractivity contribution in [3.63, 3.8) is 0 Å². The largest absolute Gasteiger partial charge is 0.370 e. The standard InChI is InChI=1S/C15H22Cl2N2/c1-3-11(2)15-10-19(8-4-7-18-15)12-5-6-13(16)14(17)9-12/h5-6,9,11,15,18H,3-4,7-8,10H2,1-2H3. The molecule has 2 nitrogen and oxygen atoms in total. The summed E-state index contributed by atoms with van der Waals surface area (Å²) in [6, 6.07) is 6.47. The minimum absolute atomic E-state index is 0.543. The second-order valence-corrected chi connectivity index (χ2v) is 6.16. The molecule has 0 spiro atoms. The van der Waals surface area contributed by atoms with Crippen molar-refractivity contribution >= 4 is 28.9 Å². The van der Waals surface area contributed by atoms with E-state index in [1.165, 1.54) is 12.1 Å². The number of rotatable bonds is 3. The van der Waals surface area contributed by atoms with E-state index in [4.69, 9.17) is 23.2 Å². The van der Waals surface area contributed by atoms with Crippen LogP contribution < -0.4 is 10.2 Å². The second kappa shape index (κ2) is 6.83. The summed E-state index contributed by atoms with van der Waals surface area (Å²) in [5.74, 6) is 0.684. The van der Waals surface area contributed by atoms with Crippen molar-refractivity contribution in [3.8, 4) is 0 Å². The number of nitrogens with one attached hydrogen (secondary N) is 1. The third-order valence-electron chi connectivity index (χ3n) is 4.03. The molecule has 0 amide bonds. The first-order chi connectivity index (χ1) is 9.11. The lowest BCUT2D eigenvalue weighted by atomic mass is 9.99. The highest BCUT2D eigenvalue weighted by Crippen LogP contribution is 2.28. The predicted molar refractivity (Wildman–Crippen MR) is 84.5 cm³/mol. The summed E-state index contributed by atoms with van der Waals surface area (Å²) in [6.45, 7) is 7.76. The summed E-state index contributed by atoms with van der Waals surface area (Å²) >= 11 is 12.1. The van der Waals surface area contributed by atoms with Gasteiger partial charge < -0.3 is 10.2 Å². The summed E-state index contributed by atoms with van der Waals surface area (Å²) in [4.78, 5) is 2.42. The fourth-order valence-corrected chi connectivity index (χ4v) is 2.82. The third-order valence-corrected chi connectivity index (χ3v) is 4.77. The first kappa shape index (κ1) is 15.0. The van der Waals surface area contributed by atoms with Crippen molar-refractivity contribution in [3.05, 3.63) is 28.2 Å². The van der Waals surface area contributed by atoms with Crippen LogP contribution in [0, 0.1) is 5.92 Å². The fraction of sp³-hybridized carbons (Fsp3) is 0.600. The maximum atomic E-state index is 6.13. The van der Waals surface area contributed by atoms with Gasteiger partial charge in [0, 0.05) is 24.8 Å². The van der Waals surface area contributed by atoms with Gasteiger partial charge in [-0.1, -0.05) is 43.5 Å². The Morgan fingerprint density at radius 1 is 1.37 bits per heavy atom. The van der Waals surface area contributed by atoms with Crippen LogP contribution in [0.2, 0.25) is 10.0 Å². The number of halogens is 2. The van der Waals surface area contributed by atoms with E-state index in [9.17, 15) is 0 Å². The van der Waals surface area contributed by atoms with Gasteiger partial charge in [-0.05, 0) is 37.1 Å². The van der Waals surface area contributed by atoms with E-state index in [0.29, 0.717) is 22.0 Å². The number of anilines is 1. The van der Waals surface area contributed by atoms with E-state index in [1.54, 1.807) is 0 Å². The van der Waals surface area contributed by atoms with Gasteiger partial charge in [0.05, 0.1) is 10.0 Å². The first-order valence-corrected chi connectivity index (χ1v) is 7.80. The Kier molecular flexibility index (Phi) is 5.37. The van der Waals surface area contributed by atoms with Gasteiger partial charge in [-0.3, -0.25) is 0 Å². The molecule has 2 rings (SSSR count). The summed E-state index contributed by atoms with van der Waals surface area (Å²) in [5, 5.41) is 4.91. The van der Waals surface area contributed by atoms with Gasteiger partial charge >= 0.3 is 0 Å². The molecular weight excluding hydrogens is 279 g/mol. The van der Waals surface area contributed by atoms with Crippen molar-refractivity contribution in [1.82, 2.24) is 5.32 Å². The number of hydrogen-bond donors (Lipinski definition) is 1. The van der Waals surface area contributed by atoms with Crippen molar-refractivity contribution in [2.24, 2.45) is 5.92 Å². The Morgan fingerprint density at radius 2 is 2.16 bits per heavy atom. The van der Waals surface area contributed by atoms with E-state index in [0.717, 1.165) is 26.1 Å². The molecule has 1 aromatic rings. The zero-order chi connectivity index (χ0) is 13.8. The number of benzene rings is 1. The van der Waals surface area contributed by atoms with E-state index in [-0.39, 0.29) is 0 Å². The van der Waals surface area contributed by atoms with Crippen LogP contribution in [0.15, 0.2) is 18.2 Å². The fourth-order valence-electron chi connectivity index (χ4n) is 2.53. The summed E-state index contributed by atoms with van der Waals surface area (Å²) < 4.78 is 0. The quantitative estimate of drug-likeness (QED) is 0.899. The molecule has 0 radical (unpaired) electrons. The third kappa shape index (κ3) is 3.77. The molecule has 1 heterocycles. The normalized spacial score (nSPS) is 22.1. The van der Waals surface area contributed by atoms with Crippen LogP contribution in [0.5, 0.6) is 0 Å². The summed E-state index contributed by atoms with van der Waals surface area (Å²) in [6.07, 6.45) is 2.36. The summed E-state index contributed by atoms with van der Waals surface area (Å²) in [5.41, 5.74) is 1.17. The molecule has 1 aromatic carbocycles. The van der Waals surface area contributed by atoms with Gasteiger partial charge in [-0.25, -0.2) is 0 Å². The maximum Gasteiger partial charge on any atom is 0.0612 e. The Morgan fingerprint density at radius 3 is 2.84 bits per heavy atom. The molecule has 4 heteroatoms. The SMILES string of the molecule is CCC(C)C1CN(c2ccc(Cl)c(Cl)c2)CCCN1. The Hall–Kier alpha value is -0.440. The summed E-state index contributed by atoms with van der Waals surface area (Å²) in [7, 11) is 0. The van der Waals surface area contributed by atoms with Gasteiger partial charge in [-0.2, -0.15) is 0 Å². The minimum atomic E-state index is 0.543. The van der Waals surface area contributed by atoms with E-state index >= 15 is 0 Å². The lowest BCUT2D eigenvalue weighted by Gasteiger charge is -2.29. The van der Waals surface area contributed by atoms with E-state index < -0.39 is 0 Å². The van der Waals surface area contributed by atoms with Crippen LogP contribution in [-0.2, 0) is 0 Å². The molecule has 19 heavy (non-hydrogen) atoms. The zero-order valence-corrected chi connectivity index (χ0v) is 13.1. The Bertz CT molecular complexity index is 423. The van der Waals surface area contributed by atoms with Crippen molar-refractivity contribution in [2.45, 2.75) is 32.7 Å². The van der Waals surface area contributed by atoms with Crippen molar-refractivity contribution in [1.29, 1.82) is 0 Å². The van der Waals surface area contributed by atoms with Crippen LogP contribution in [0.25, 0.3) is 0 Å². The Balaban J connectivity index is 2.15.